The van der Waals surface area contributed by atoms with Crippen molar-refractivity contribution in [3.05, 3.63) is 46.6 Å². The van der Waals surface area contributed by atoms with E-state index in [2.05, 4.69) is 5.10 Å². The van der Waals surface area contributed by atoms with Crippen LogP contribution >= 0.6 is 0 Å². The minimum Gasteiger partial charge on any atom is -0.484 e. The summed E-state index contributed by atoms with van der Waals surface area (Å²) in [5, 5.41) is 3.46. The lowest BCUT2D eigenvalue weighted by Crippen LogP contribution is -2.43. The highest BCUT2D eigenvalue weighted by atomic mass is 19.4. The lowest BCUT2D eigenvalue weighted by molar-refractivity contribution is -0.147. The number of amides is 1. The molecule has 0 unspecified atom stereocenters. The zero-order valence-corrected chi connectivity index (χ0v) is 14.6. The molecule has 1 saturated heterocycles. The standard InChI is InChI=1S/C17H19F3N4O3/c1-22-15(17(18,19)20)21-24(16(22)26)12-7-9-23(10-8-12)14(25)11-27-13-5-3-2-4-6-13/h2-6,12H,7-11H2,1H3. The molecule has 0 radical (unpaired) electrons. The molecular weight excluding hydrogens is 365 g/mol. The summed E-state index contributed by atoms with van der Waals surface area (Å²) in [7, 11) is 1.05. The summed E-state index contributed by atoms with van der Waals surface area (Å²) in [4.78, 5) is 25.9. The second kappa shape index (κ2) is 7.45. The van der Waals surface area contributed by atoms with Crippen LogP contribution in [0, 0.1) is 0 Å². The Hall–Kier alpha value is -2.78. The summed E-state index contributed by atoms with van der Waals surface area (Å²) in [5.74, 6) is -0.843. The van der Waals surface area contributed by atoms with Crippen molar-refractivity contribution in [2.45, 2.75) is 25.1 Å². The molecule has 0 saturated carbocycles. The molecule has 3 rings (SSSR count). The van der Waals surface area contributed by atoms with Gasteiger partial charge >= 0.3 is 11.9 Å². The SMILES string of the molecule is Cn1c(C(F)(F)F)nn(C2CCN(C(=O)COc3ccccc3)CC2)c1=O. The van der Waals surface area contributed by atoms with E-state index in [4.69, 9.17) is 4.74 Å². The number of carbonyl (C=O) groups is 1. The molecule has 27 heavy (non-hydrogen) atoms. The first-order valence-corrected chi connectivity index (χ1v) is 8.45. The normalized spacial score (nSPS) is 15.8. The van der Waals surface area contributed by atoms with Crippen molar-refractivity contribution >= 4 is 5.91 Å². The third kappa shape index (κ3) is 4.15. The van der Waals surface area contributed by atoms with Gasteiger partial charge in [0.05, 0.1) is 6.04 Å². The van der Waals surface area contributed by atoms with Gasteiger partial charge in [0.15, 0.2) is 6.61 Å². The Morgan fingerprint density at radius 3 is 2.41 bits per heavy atom. The highest BCUT2D eigenvalue weighted by Crippen LogP contribution is 2.28. The molecule has 0 N–H and O–H groups in total. The number of nitrogens with zero attached hydrogens (tertiary/aromatic N) is 4. The van der Waals surface area contributed by atoms with Crippen molar-refractivity contribution in [2.75, 3.05) is 19.7 Å². The molecule has 7 nitrogen and oxygen atoms in total. The fraction of sp³-hybridized carbons (Fsp3) is 0.471. The summed E-state index contributed by atoms with van der Waals surface area (Å²) in [6.07, 6.45) is -3.98. The van der Waals surface area contributed by atoms with E-state index in [1.807, 2.05) is 6.07 Å². The van der Waals surface area contributed by atoms with Gasteiger partial charge in [0.1, 0.15) is 5.75 Å². The molecule has 1 aliphatic rings. The summed E-state index contributed by atoms with van der Waals surface area (Å²) >= 11 is 0. The van der Waals surface area contributed by atoms with E-state index in [1.165, 1.54) is 0 Å². The van der Waals surface area contributed by atoms with Gasteiger partial charge in [0, 0.05) is 20.1 Å². The zero-order chi connectivity index (χ0) is 19.6. The fourth-order valence-corrected chi connectivity index (χ4v) is 3.05. The minimum absolute atomic E-state index is 0.115. The Bertz CT molecular complexity index is 853. The minimum atomic E-state index is -4.69. The van der Waals surface area contributed by atoms with Crippen LogP contribution in [0.25, 0.3) is 0 Å². The molecule has 1 fully saturated rings. The summed E-state index contributed by atoms with van der Waals surface area (Å²) in [6.45, 7) is 0.536. The quantitative estimate of drug-likeness (QED) is 0.807. The first-order valence-electron chi connectivity index (χ1n) is 8.45. The van der Waals surface area contributed by atoms with Gasteiger partial charge in [0.2, 0.25) is 5.82 Å². The second-order valence-electron chi connectivity index (χ2n) is 6.32. The lowest BCUT2D eigenvalue weighted by Gasteiger charge is -2.31. The Balaban J connectivity index is 1.59. The molecule has 10 heteroatoms. The van der Waals surface area contributed by atoms with E-state index in [1.54, 1.807) is 29.2 Å². The van der Waals surface area contributed by atoms with Crippen molar-refractivity contribution < 1.29 is 22.7 Å². The highest BCUT2D eigenvalue weighted by Gasteiger charge is 2.39. The second-order valence-corrected chi connectivity index (χ2v) is 6.32. The predicted molar refractivity (Wildman–Crippen MR) is 89.3 cm³/mol. The third-order valence-electron chi connectivity index (χ3n) is 4.53. The topological polar surface area (TPSA) is 69.4 Å². The molecule has 1 aromatic carbocycles. The van der Waals surface area contributed by atoms with Crippen LogP contribution < -0.4 is 10.4 Å². The van der Waals surface area contributed by atoms with Crippen molar-refractivity contribution in [3.63, 3.8) is 0 Å². The van der Waals surface area contributed by atoms with Crippen molar-refractivity contribution in [2.24, 2.45) is 7.05 Å². The van der Waals surface area contributed by atoms with Gasteiger partial charge in [-0.3, -0.25) is 9.36 Å². The van der Waals surface area contributed by atoms with E-state index >= 15 is 0 Å². The molecule has 2 heterocycles. The summed E-state index contributed by atoms with van der Waals surface area (Å²) < 4.78 is 45.5. The van der Waals surface area contributed by atoms with E-state index in [-0.39, 0.29) is 12.5 Å². The van der Waals surface area contributed by atoms with Gasteiger partial charge in [-0.2, -0.15) is 13.2 Å². The van der Waals surface area contributed by atoms with Crippen LogP contribution in [-0.2, 0) is 18.0 Å². The molecule has 1 aromatic heterocycles. The number of alkyl halides is 3. The van der Waals surface area contributed by atoms with Crippen LogP contribution in [0.4, 0.5) is 13.2 Å². The third-order valence-corrected chi connectivity index (χ3v) is 4.53. The largest absolute Gasteiger partial charge is 0.484 e. The molecule has 146 valence electrons. The molecule has 0 atom stereocenters. The van der Waals surface area contributed by atoms with Crippen LogP contribution in [0.1, 0.15) is 24.7 Å². The Morgan fingerprint density at radius 1 is 1.22 bits per heavy atom. The monoisotopic (exact) mass is 384 g/mol. The fourth-order valence-electron chi connectivity index (χ4n) is 3.05. The number of likely N-dealkylation sites (tertiary alicyclic amines) is 1. The lowest BCUT2D eigenvalue weighted by atomic mass is 10.1. The van der Waals surface area contributed by atoms with Crippen LogP contribution in [0.5, 0.6) is 5.75 Å². The van der Waals surface area contributed by atoms with Crippen LogP contribution in [0.15, 0.2) is 35.1 Å². The molecule has 0 spiro atoms. The Kier molecular flexibility index (Phi) is 5.24. The number of rotatable bonds is 4. The maximum atomic E-state index is 12.9. The number of benzene rings is 1. The van der Waals surface area contributed by atoms with Gasteiger partial charge in [-0.1, -0.05) is 18.2 Å². The predicted octanol–water partition coefficient (Wildman–Crippen LogP) is 1.84. The number of ether oxygens (including phenoxy) is 1. The zero-order valence-electron chi connectivity index (χ0n) is 14.6. The van der Waals surface area contributed by atoms with Gasteiger partial charge in [-0.05, 0) is 25.0 Å². The van der Waals surface area contributed by atoms with Crippen LogP contribution in [-0.4, -0.2) is 44.9 Å². The van der Waals surface area contributed by atoms with Crippen molar-refractivity contribution in [1.29, 1.82) is 0 Å². The van der Waals surface area contributed by atoms with Crippen molar-refractivity contribution in [1.82, 2.24) is 19.2 Å². The Labute approximate surface area is 152 Å². The summed E-state index contributed by atoms with van der Waals surface area (Å²) in [6, 6.07) is 8.44. The van der Waals surface area contributed by atoms with Gasteiger partial charge in [-0.15, -0.1) is 5.10 Å². The number of carbonyl (C=O) groups excluding carboxylic acids is 1. The first-order chi connectivity index (χ1) is 12.8. The maximum Gasteiger partial charge on any atom is 0.451 e. The molecule has 1 aliphatic heterocycles. The molecule has 0 aliphatic carbocycles. The number of hydrogen-bond acceptors (Lipinski definition) is 4. The number of para-hydroxylation sites is 1. The van der Waals surface area contributed by atoms with E-state index in [0.717, 1.165) is 11.7 Å². The molecular formula is C17H19F3N4O3. The molecule has 2 aromatic rings. The average molecular weight is 384 g/mol. The molecule has 1 amide bonds. The van der Waals surface area contributed by atoms with E-state index < -0.39 is 23.7 Å². The molecule has 0 bridgehead atoms. The number of halogens is 3. The first kappa shape index (κ1) is 19.0. The van der Waals surface area contributed by atoms with E-state index in [9.17, 15) is 22.8 Å². The number of piperidine rings is 1. The van der Waals surface area contributed by atoms with Gasteiger partial charge in [0.25, 0.3) is 5.91 Å². The maximum absolute atomic E-state index is 12.9. The Morgan fingerprint density at radius 2 is 1.85 bits per heavy atom. The van der Waals surface area contributed by atoms with Crippen molar-refractivity contribution in [3.8, 4) is 5.75 Å². The van der Waals surface area contributed by atoms with Gasteiger partial charge < -0.3 is 9.64 Å². The van der Waals surface area contributed by atoms with Crippen LogP contribution in [0.2, 0.25) is 0 Å². The van der Waals surface area contributed by atoms with Gasteiger partial charge in [-0.25, -0.2) is 9.48 Å². The number of hydrogen-bond donors (Lipinski definition) is 0. The van der Waals surface area contributed by atoms with E-state index in [0.29, 0.717) is 36.2 Å². The van der Waals surface area contributed by atoms with Crippen LogP contribution in [0.3, 0.4) is 0 Å². The average Bonchev–Trinajstić information content (AvgIpc) is 2.96. The smallest absolute Gasteiger partial charge is 0.451 e. The summed E-state index contributed by atoms with van der Waals surface area (Å²) in [5.41, 5.74) is -0.806. The number of aromatic nitrogens is 3. The highest BCUT2D eigenvalue weighted by molar-refractivity contribution is 5.77.